The van der Waals surface area contributed by atoms with Crippen LogP contribution in [0.2, 0.25) is 0 Å². The van der Waals surface area contributed by atoms with Gasteiger partial charge in [-0.1, -0.05) is 0 Å². The van der Waals surface area contributed by atoms with E-state index in [-0.39, 0.29) is 5.91 Å². The maximum absolute atomic E-state index is 11.2. The van der Waals surface area contributed by atoms with Gasteiger partial charge >= 0.3 is 0 Å². The highest BCUT2D eigenvalue weighted by Crippen LogP contribution is 2.16. The topological polar surface area (TPSA) is 32.8 Å². The molecule has 1 amide bonds. The van der Waals surface area contributed by atoms with Crippen molar-refractivity contribution in [1.29, 1.82) is 0 Å². The number of nitrogens with zero attached hydrogens (tertiary/aromatic N) is 2. The average Bonchev–Trinajstić information content (AvgIpc) is 2.68. The van der Waals surface area contributed by atoms with Gasteiger partial charge in [-0.2, -0.15) is 0 Å². The molecule has 0 radical (unpaired) electrons. The fourth-order valence-corrected chi connectivity index (χ4v) is 2.27. The van der Waals surface area contributed by atoms with Crippen molar-refractivity contribution in [3.63, 3.8) is 0 Å². The van der Waals surface area contributed by atoms with Crippen LogP contribution < -0.4 is 0 Å². The molecule has 0 unspecified atom stereocenters. The Morgan fingerprint density at radius 3 is 2.57 bits per heavy atom. The van der Waals surface area contributed by atoms with E-state index >= 15 is 0 Å². The van der Waals surface area contributed by atoms with Gasteiger partial charge in [0.1, 0.15) is 0 Å². The summed E-state index contributed by atoms with van der Waals surface area (Å²) in [6.07, 6.45) is 1.12. The number of likely N-dealkylation sites (tertiary alicyclic amines) is 1. The summed E-state index contributed by atoms with van der Waals surface area (Å²) in [4.78, 5) is 15.6. The standard InChI is InChI=1S/C10H18N2O2/c1-9(13)12-3-2-10(8-12)11-4-6-14-7-5-11/h10H,2-8H2,1H3/t10-/m0/s1. The van der Waals surface area contributed by atoms with Crippen LogP contribution in [0.4, 0.5) is 0 Å². The molecule has 0 N–H and O–H groups in total. The van der Waals surface area contributed by atoms with Crippen LogP contribution in [0.3, 0.4) is 0 Å². The molecule has 2 saturated heterocycles. The molecule has 0 bridgehead atoms. The van der Waals surface area contributed by atoms with Gasteiger partial charge in [0.05, 0.1) is 13.2 Å². The van der Waals surface area contributed by atoms with Crippen molar-refractivity contribution in [2.45, 2.75) is 19.4 Å². The number of amides is 1. The third-order valence-electron chi connectivity index (χ3n) is 3.17. The van der Waals surface area contributed by atoms with E-state index in [1.54, 1.807) is 6.92 Å². The Labute approximate surface area is 84.8 Å². The van der Waals surface area contributed by atoms with Gasteiger partial charge in [0.2, 0.25) is 5.91 Å². The van der Waals surface area contributed by atoms with Gasteiger partial charge in [-0.05, 0) is 6.42 Å². The van der Waals surface area contributed by atoms with Crippen LogP contribution in [0.25, 0.3) is 0 Å². The molecule has 0 aromatic carbocycles. The minimum Gasteiger partial charge on any atom is -0.379 e. The lowest BCUT2D eigenvalue weighted by Gasteiger charge is -2.31. The Morgan fingerprint density at radius 1 is 1.29 bits per heavy atom. The lowest BCUT2D eigenvalue weighted by atomic mass is 10.2. The molecule has 4 heteroatoms. The average molecular weight is 198 g/mol. The van der Waals surface area contributed by atoms with Crippen LogP contribution in [-0.4, -0.2) is 61.1 Å². The fourth-order valence-electron chi connectivity index (χ4n) is 2.27. The molecule has 1 atom stereocenters. The van der Waals surface area contributed by atoms with Crippen LogP contribution in [0.5, 0.6) is 0 Å². The van der Waals surface area contributed by atoms with Gasteiger partial charge in [0.15, 0.2) is 0 Å². The molecule has 2 aliphatic heterocycles. The van der Waals surface area contributed by atoms with Crippen molar-refractivity contribution in [3.8, 4) is 0 Å². The lowest BCUT2D eigenvalue weighted by Crippen LogP contribution is -2.45. The van der Waals surface area contributed by atoms with E-state index in [9.17, 15) is 4.79 Å². The van der Waals surface area contributed by atoms with Gasteiger partial charge < -0.3 is 9.64 Å². The summed E-state index contributed by atoms with van der Waals surface area (Å²) in [5.41, 5.74) is 0. The quantitative estimate of drug-likeness (QED) is 0.592. The Bertz CT molecular complexity index is 214. The molecule has 0 spiro atoms. The van der Waals surface area contributed by atoms with Crippen LogP contribution in [0.15, 0.2) is 0 Å². The number of hydrogen-bond acceptors (Lipinski definition) is 3. The first-order valence-corrected chi connectivity index (χ1v) is 5.34. The molecule has 2 heterocycles. The van der Waals surface area contributed by atoms with Crippen LogP contribution in [0.1, 0.15) is 13.3 Å². The lowest BCUT2D eigenvalue weighted by molar-refractivity contribution is -0.128. The third kappa shape index (κ3) is 2.07. The smallest absolute Gasteiger partial charge is 0.219 e. The first-order valence-electron chi connectivity index (χ1n) is 5.34. The zero-order valence-corrected chi connectivity index (χ0v) is 8.74. The molecule has 0 aromatic rings. The van der Waals surface area contributed by atoms with Crippen molar-refractivity contribution in [1.82, 2.24) is 9.80 Å². The molecular formula is C10H18N2O2. The van der Waals surface area contributed by atoms with Gasteiger partial charge in [-0.15, -0.1) is 0 Å². The predicted molar refractivity (Wildman–Crippen MR) is 53.1 cm³/mol. The highest BCUT2D eigenvalue weighted by atomic mass is 16.5. The van der Waals surface area contributed by atoms with Crippen LogP contribution in [0, 0.1) is 0 Å². The Hall–Kier alpha value is -0.610. The molecule has 2 rings (SSSR count). The SMILES string of the molecule is CC(=O)N1CC[C@H](N2CCOCC2)C1. The van der Waals surface area contributed by atoms with Crippen molar-refractivity contribution in [3.05, 3.63) is 0 Å². The molecule has 0 saturated carbocycles. The summed E-state index contributed by atoms with van der Waals surface area (Å²) < 4.78 is 5.31. The summed E-state index contributed by atoms with van der Waals surface area (Å²) in [6.45, 7) is 7.23. The van der Waals surface area contributed by atoms with E-state index < -0.39 is 0 Å². The van der Waals surface area contributed by atoms with E-state index in [2.05, 4.69) is 4.90 Å². The van der Waals surface area contributed by atoms with Crippen molar-refractivity contribution in [2.75, 3.05) is 39.4 Å². The predicted octanol–water partition coefficient (Wildman–Crippen LogP) is -0.0606. The maximum Gasteiger partial charge on any atom is 0.219 e. The zero-order chi connectivity index (χ0) is 9.97. The second kappa shape index (κ2) is 4.28. The van der Waals surface area contributed by atoms with Gasteiger partial charge in [-0.25, -0.2) is 0 Å². The molecular weight excluding hydrogens is 180 g/mol. The number of carbonyl (C=O) groups excluding carboxylic acids is 1. The minimum atomic E-state index is 0.209. The highest BCUT2D eigenvalue weighted by molar-refractivity contribution is 5.73. The van der Waals surface area contributed by atoms with Crippen molar-refractivity contribution >= 4 is 5.91 Å². The minimum absolute atomic E-state index is 0.209. The van der Waals surface area contributed by atoms with E-state index in [1.165, 1.54) is 0 Å². The van der Waals surface area contributed by atoms with E-state index in [0.717, 1.165) is 45.8 Å². The highest BCUT2D eigenvalue weighted by Gasteiger charge is 2.29. The number of rotatable bonds is 1. The molecule has 2 aliphatic rings. The fraction of sp³-hybridized carbons (Fsp3) is 0.900. The largest absolute Gasteiger partial charge is 0.379 e. The number of ether oxygens (including phenoxy) is 1. The van der Waals surface area contributed by atoms with Crippen molar-refractivity contribution < 1.29 is 9.53 Å². The molecule has 2 fully saturated rings. The molecule has 80 valence electrons. The summed E-state index contributed by atoms with van der Waals surface area (Å²) in [7, 11) is 0. The third-order valence-corrected chi connectivity index (χ3v) is 3.17. The number of morpholine rings is 1. The van der Waals surface area contributed by atoms with Gasteiger partial charge in [0, 0.05) is 39.1 Å². The van der Waals surface area contributed by atoms with Crippen LogP contribution >= 0.6 is 0 Å². The van der Waals surface area contributed by atoms with E-state index in [4.69, 9.17) is 4.74 Å². The van der Waals surface area contributed by atoms with Crippen LogP contribution in [-0.2, 0) is 9.53 Å². The van der Waals surface area contributed by atoms with Gasteiger partial charge in [0.25, 0.3) is 0 Å². The molecule has 4 nitrogen and oxygen atoms in total. The van der Waals surface area contributed by atoms with Gasteiger partial charge in [-0.3, -0.25) is 9.69 Å². The normalized spacial score (nSPS) is 29.5. The second-order valence-corrected chi connectivity index (χ2v) is 4.06. The molecule has 14 heavy (non-hydrogen) atoms. The summed E-state index contributed by atoms with van der Waals surface area (Å²) in [5, 5.41) is 0. The van der Waals surface area contributed by atoms with E-state index in [1.807, 2.05) is 4.90 Å². The summed E-state index contributed by atoms with van der Waals surface area (Å²) in [6, 6.07) is 0.572. The zero-order valence-electron chi connectivity index (χ0n) is 8.74. The molecule has 0 aliphatic carbocycles. The Morgan fingerprint density at radius 2 is 2.00 bits per heavy atom. The maximum atomic E-state index is 11.2. The number of carbonyl (C=O) groups is 1. The first kappa shape index (κ1) is 9.93. The Kier molecular flexibility index (Phi) is 3.03. The summed E-state index contributed by atoms with van der Waals surface area (Å²) in [5.74, 6) is 0.209. The monoisotopic (exact) mass is 198 g/mol. The number of hydrogen-bond donors (Lipinski definition) is 0. The second-order valence-electron chi connectivity index (χ2n) is 4.06. The van der Waals surface area contributed by atoms with E-state index in [0.29, 0.717) is 6.04 Å². The first-order chi connectivity index (χ1) is 6.77. The molecule has 0 aromatic heterocycles. The Balaban J connectivity index is 1.85. The summed E-state index contributed by atoms with van der Waals surface area (Å²) >= 11 is 0. The van der Waals surface area contributed by atoms with Crippen molar-refractivity contribution in [2.24, 2.45) is 0 Å².